The highest BCUT2D eigenvalue weighted by Crippen LogP contribution is 2.45. The van der Waals surface area contributed by atoms with Crippen molar-refractivity contribution in [1.29, 1.82) is 0 Å². The van der Waals surface area contributed by atoms with Gasteiger partial charge >= 0.3 is 0 Å². The highest BCUT2D eigenvalue weighted by molar-refractivity contribution is 5.18. The van der Waals surface area contributed by atoms with E-state index in [1.807, 2.05) is 6.07 Å². The van der Waals surface area contributed by atoms with Gasteiger partial charge in [-0.25, -0.2) is 0 Å². The summed E-state index contributed by atoms with van der Waals surface area (Å²) in [4.78, 5) is 0. The molecule has 1 heterocycles. The number of hydrogen-bond acceptors (Lipinski definition) is 2. The van der Waals surface area contributed by atoms with Crippen LogP contribution in [0.5, 0.6) is 0 Å². The summed E-state index contributed by atoms with van der Waals surface area (Å²) in [5.41, 5.74) is 7.85. The van der Waals surface area contributed by atoms with Crippen LogP contribution in [0.25, 0.3) is 0 Å². The van der Waals surface area contributed by atoms with Crippen LogP contribution in [-0.4, -0.2) is 12.2 Å². The molecule has 18 heavy (non-hydrogen) atoms. The first-order valence-electron chi connectivity index (χ1n) is 7.22. The molecule has 2 unspecified atom stereocenters. The molecule has 0 radical (unpaired) electrons. The third kappa shape index (κ3) is 2.45. The van der Waals surface area contributed by atoms with E-state index in [1.165, 1.54) is 37.7 Å². The summed E-state index contributed by atoms with van der Waals surface area (Å²) in [6.07, 6.45) is 7.40. The Morgan fingerprint density at radius 2 is 2.06 bits per heavy atom. The molecule has 0 bridgehead atoms. The van der Waals surface area contributed by atoms with Gasteiger partial charge in [0, 0.05) is 12.6 Å². The smallest absolute Gasteiger partial charge is 0.0685 e. The fourth-order valence-electron chi connectivity index (χ4n) is 3.45. The average Bonchev–Trinajstić information content (AvgIpc) is 2.38. The van der Waals surface area contributed by atoms with Crippen LogP contribution in [0.2, 0.25) is 0 Å². The fourth-order valence-corrected chi connectivity index (χ4v) is 3.45. The van der Waals surface area contributed by atoms with Crippen LogP contribution in [0.4, 0.5) is 0 Å². The van der Waals surface area contributed by atoms with Crippen LogP contribution in [0.1, 0.15) is 50.1 Å². The molecule has 2 N–H and O–H groups in total. The van der Waals surface area contributed by atoms with E-state index >= 15 is 0 Å². The highest BCUT2D eigenvalue weighted by atomic mass is 16.5. The second-order valence-corrected chi connectivity index (χ2v) is 6.00. The van der Waals surface area contributed by atoms with Gasteiger partial charge in [-0.05, 0) is 50.0 Å². The molecule has 3 rings (SSSR count). The lowest BCUT2D eigenvalue weighted by molar-refractivity contribution is -0.144. The van der Waals surface area contributed by atoms with Crippen molar-refractivity contribution >= 4 is 0 Å². The van der Waals surface area contributed by atoms with Gasteiger partial charge in [-0.15, -0.1) is 0 Å². The molecule has 1 aliphatic carbocycles. The van der Waals surface area contributed by atoms with Crippen LogP contribution in [0, 0.1) is 5.92 Å². The van der Waals surface area contributed by atoms with E-state index in [0.717, 1.165) is 18.9 Å². The van der Waals surface area contributed by atoms with Crippen molar-refractivity contribution in [2.45, 2.75) is 50.2 Å². The Morgan fingerprint density at radius 1 is 1.28 bits per heavy atom. The zero-order valence-corrected chi connectivity index (χ0v) is 11.0. The maximum absolute atomic E-state index is 6.33. The molecule has 2 fully saturated rings. The standard InChI is InChI=1S/C16H23NO/c17-15(14-5-2-1-3-6-14)11-13-7-10-18-16(12-13)8-4-9-16/h1-3,5-6,13,15H,4,7-12,17H2. The van der Waals surface area contributed by atoms with E-state index in [0.29, 0.717) is 0 Å². The average molecular weight is 245 g/mol. The van der Waals surface area contributed by atoms with E-state index in [9.17, 15) is 0 Å². The normalized spacial score (nSPS) is 27.7. The molecule has 1 spiro atoms. The van der Waals surface area contributed by atoms with Gasteiger partial charge in [-0.1, -0.05) is 30.3 Å². The molecule has 1 aromatic carbocycles. The van der Waals surface area contributed by atoms with Gasteiger partial charge < -0.3 is 10.5 Å². The molecule has 1 saturated carbocycles. The molecular formula is C16H23NO. The van der Waals surface area contributed by atoms with Crippen LogP contribution in [0.3, 0.4) is 0 Å². The molecule has 2 nitrogen and oxygen atoms in total. The molecule has 1 aromatic rings. The molecule has 1 saturated heterocycles. The molecule has 0 amide bonds. The highest BCUT2D eigenvalue weighted by Gasteiger charge is 2.42. The number of rotatable bonds is 3. The summed E-state index contributed by atoms with van der Waals surface area (Å²) in [6.45, 7) is 0.937. The van der Waals surface area contributed by atoms with Gasteiger partial charge in [0.2, 0.25) is 0 Å². The summed E-state index contributed by atoms with van der Waals surface area (Å²) in [5, 5.41) is 0. The van der Waals surface area contributed by atoms with Gasteiger partial charge in [-0.2, -0.15) is 0 Å². The Bertz CT molecular complexity index is 385. The van der Waals surface area contributed by atoms with Gasteiger partial charge in [0.25, 0.3) is 0 Å². The lowest BCUT2D eigenvalue weighted by atomic mass is 9.70. The monoisotopic (exact) mass is 245 g/mol. The molecule has 2 heteroatoms. The van der Waals surface area contributed by atoms with E-state index in [1.54, 1.807) is 0 Å². The van der Waals surface area contributed by atoms with Crippen molar-refractivity contribution in [3.8, 4) is 0 Å². The van der Waals surface area contributed by atoms with Gasteiger partial charge in [0.1, 0.15) is 0 Å². The first kappa shape index (κ1) is 12.2. The van der Waals surface area contributed by atoms with Crippen molar-refractivity contribution in [3.05, 3.63) is 35.9 Å². The Kier molecular flexibility index (Phi) is 3.40. The summed E-state index contributed by atoms with van der Waals surface area (Å²) in [6, 6.07) is 10.7. The quantitative estimate of drug-likeness (QED) is 0.885. The van der Waals surface area contributed by atoms with E-state index in [2.05, 4.69) is 24.3 Å². The lowest BCUT2D eigenvalue weighted by Gasteiger charge is -2.47. The first-order valence-corrected chi connectivity index (χ1v) is 7.22. The predicted octanol–water partition coefficient (Wildman–Crippen LogP) is 3.43. The van der Waals surface area contributed by atoms with Crippen LogP contribution in [-0.2, 0) is 4.74 Å². The van der Waals surface area contributed by atoms with Crippen LogP contribution >= 0.6 is 0 Å². The largest absolute Gasteiger partial charge is 0.375 e. The zero-order valence-electron chi connectivity index (χ0n) is 11.0. The summed E-state index contributed by atoms with van der Waals surface area (Å²) in [5.74, 6) is 0.745. The minimum atomic E-state index is 0.187. The zero-order chi connectivity index (χ0) is 12.4. The van der Waals surface area contributed by atoms with Crippen LogP contribution < -0.4 is 5.73 Å². The second-order valence-electron chi connectivity index (χ2n) is 6.00. The predicted molar refractivity (Wildman–Crippen MR) is 73.2 cm³/mol. The fraction of sp³-hybridized carbons (Fsp3) is 0.625. The minimum Gasteiger partial charge on any atom is -0.375 e. The Hall–Kier alpha value is -0.860. The Morgan fingerprint density at radius 3 is 2.72 bits per heavy atom. The van der Waals surface area contributed by atoms with Gasteiger partial charge in [0.05, 0.1) is 5.60 Å². The van der Waals surface area contributed by atoms with Crippen molar-refractivity contribution in [1.82, 2.24) is 0 Å². The molecule has 1 aliphatic heterocycles. The maximum Gasteiger partial charge on any atom is 0.0685 e. The third-order valence-corrected chi connectivity index (χ3v) is 4.67. The first-order chi connectivity index (χ1) is 8.77. The second kappa shape index (κ2) is 5.02. The van der Waals surface area contributed by atoms with E-state index in [-0.39, 0.29) is 11.6 Å². The SMILES string of the molecule is NC(CC1CCOC2(CCC2)C1)c1ccccc1. The number of ether oxygens (including phenoxy) is 1. The molecule has 0 aromatic heterocycles. The summed E-state index contributed by atoms with van der Waals surface area (Å²) in [7, 11) is 0. The lowest BCUT2D eigenvalue weighted by Crippen LogP contribution is -2.45. The maximum atomic E-state index is 6.33. The van der Waals surface area contributed by atoms with Crippen molar-refractivity contribution in [2.24, 2.45) is 11.7 Å². The Balaban J connectivity index is 1.59. The number of hydrogen-bond donors (Lipinski definition) is 1. The van der Waals surface area contributed by atoms with E-state index < -0.39 is 0 Å². The number of benzene rings is 1. The summed E-state index contributed by atoms with van der Waals surface area (Å²) < 4.78 is 5.98. The third-order valence-electron chi connectivity index (χ3n) is 4.67. The van der Waals surface area contributed by atoms with Gasteiger partial charge in [-0.3, -0.25) is 0 Å². The molecule has 2 atom stereocenters. The molecule has 98 valence electrons. The molecule has 2 aliphatic rings. The molecular weight excluding hydrogens is 222 g/mol. The van der Waals surface area contributed by atoms with Crippen molar-refractivity contribution in [3.63, 3.8) is 0 Å². The summed E-state index contributed by atoms with van der Waals surface area (Å²) >= 11 is 0. The Labute approximate surface area is 110 Å². The minimum absolute atomic E-state index is 0.187. The number of nitrogens with two attached hydrogens (primary N) is 1. The van der Waals surface area contributed by atoms with Crippen molar-refractivity contribution in [2.75, 3.05) is 6.61 Å². The van der Waals surface area contributed by atoms with E-state index in [4.69, 9.17) is 10.5 Å². The topological polar surface area (TPSA) is 35.2 Å². The van der Waals surface area contributed by atoms with Crippen LogP contribution in [0.15, 0.2) is 30.3 Å². The van der Waals surface area contributed by atoms with Crippen molar-refractivity contribution < 1.29 is 4.74 Å². The van der Waals surface area contributed by atoms with Gasteiger partial charge in [0.15, 0.2) is 0 Å².